The summed E-state index contributed by atoms with van der Waals surface area (Å²) in [6.07, 6.45) is 0. The number of nitrogens with zero attached hydrogens (tertiary/aromatic N) is 1. The number of amides is 1. The SMILES string of the molecule is CCOc1ccc(N(CC(=O)NC(C)c2ccc(OC)c(OC)c2)S(=O)(=O)c2ccccc2)cc1. The van der Waals surface area contributed by atoms with Crippen molar-refractivity contribution in [1.82, 2.24) is 5.32 Å². The Bertz CT molecular complexity index is 1230. The van der Waals surface area contributed by atoms with Gasteiger partial charge in [-0.3, -0.25) is 9.10 Å². The largest absolute Gasteiger partial charge is 0.494 e. The topological polar surface area (TPSA) is 94.2 Å². The van der Waals surface area contributed by atoms with Gasteiger partial charge in [-0.05, 0) is 67.9 Å². The zero-order valence-electron chi connectivity index (χ0n) is 20.2. The standard InChI is InChI=1S/C26H30N2O6S/c1-5-34-22-14-12-21(13-15-22)28(35(30,31)23-9-7-6-8-10-23)18-26(29)27-19(2)20-11-16-24(32-3)25(17-20)33-4/h6-17,19H,5,18H2,1-4H3,(H,27,29). The summed E-state index contributed by atoms with van der Waals surface area (Å²) in [4.78, 5) is 13.1. The number of benzene rings is 3. The van der Waals surface area contributed by atoms with Crippen LogP contribution in [0.1, 0.15) is 25.5 Å². The molecule has 0 aliphatic rings. The maximum absolute atomic E-state index is 13.5. The minimum Gasteiger partial charge on any atom is -0.494 e. The first-order valence-corrected chi connectivity index (χ1v) is 12.6. The summed E-state index contributed by atoms with van der Waals surface area (Å²) >= 11 is 0. The molecule has 0 saturated heterocycles. The molecule has 1 amide bonds. The zero-order chi connectivity index (χ0) is 25.4. The van der Waals surface area contributed by atoms with Crippen LogP contribution in [-0.4, -0.2) is 41.7 Å². The first-order valence-electron chi connectivity index (χ1n) is 11.1. The Hall–Kier alpha value is -3.72. The number of carbonyl (C=O) groups is 1. The molecule has 1 N–H and O–H groups in total. The summed E-state index contributed by atoms with van der Waals surface area (Å²) in [6.45, 7) is 3.76. The van der Waals surface area contributed by atoms with Crippen LogP contribution in [0.3, 0.4) is 0 Å². The third-order valence-corrected chi connectivity index (χ3v) is 7.13. The second kappa shape index (κ2) is 11.6. The average molecular weight is 499 g/mol. The summed E-state index contributed by atoms with van der Waals surface area (Å²) in [5.74, 6) is 1.26. The smallest absolute Gasteiger partial charge is 0.264 e. The van der Waals surface area contributed by atoms with Gasteiger partial charge in [0.25, 0.3) is 10.0 Å². The first kappa shape index (κ1) is 25.9. The van der Waals surface area contributed by atoms with E-state index in [9.17, 15) is 13.2 Å². The van der Waals surface area contributed by atoms with Crippen molar-refractivity contribution in [3.05, 3.63) is 78.4 Å². The van der Waals surface area contributed by atoms with Crippen molar-refractivity contribution in [3.63, 3.8) is 0 Å². The zero-order valence-corrected chi connectivity index (χ0v) is 21.0. The molecular weight excluding hydrogens is 468 g/mol. The highest BCUT2D eigenvalue weighted by Crippen LogP contribution is 2.30. The fourth-order valence-electron chi connectivity index (χ4n) is 3.53. The minimum atomic E-state index is -4.00. The van der Waals surface area contributed by atoms with Crippen LogP contribution < -0.4 is 23.8 Å². The lowest BCUT2D eigenvalue weighted by Gasteiger charge is -2.25. The molecule has 186 valence electrons. The van der Waals surface area contributed by atoms with Crippen molar-refractivity contribution < 1.29 is 27.4 Å². The lowest BCUT2D eigenvalue weighted by Crippen LogP contribution is -2.41. The quantitative estimate of drug-likeness (QED) is 0.426. The Morgan fingerprint density at radius 3 is 2.20 bits per heavy atom. The van der Waals surface area contributed by atoms with Gasteiger partial charge in [-0.2, -0.15) is 0 Å². The number of hydrogen-bond acceptors (Lipinski definition) is 6. The number of carbonyl (C=O) groups excluding carboxylic acids is 1. The van der Waals surface area contributed by atoms with E-state index in [1.54, 1.807) is 61.7 Å². The fourth-order valence-corrected chi connectivity index (χ4v) is 4.98. The predicted molar refractivity (Wildman–Crippen MR) is 135 cm³/mol. The Morgan fingerprint density at radius 2 is 1.60 bits per heavy atom. The fraction of sp³-hybridized carbons (Fsp3) is 0.269. The third kappa shape index (κ3) is 6.24. The van der Waals surface area contributed by atoms with Gasteiger partial charge in [-0.15, -0.1) is 0 Å². The molecule has 0 aliphatic carbocycles. The molecule has 0 heterocycles. The van der Waals surface area contributed by atoms with Crippen LogP contribution in [0.5, 0.6) is 17.2 Å². The molecule has 0 radical (unpaired) electrons. The van der Waals surface area contributed by atoms with Crippen LogP contribution in [0.2, 0.25) is 0 Å². The molecule has 0 saturated carbocycles. The second-order valence-electron chi connectivity index (χ2n) is 7.66. The lowest BCUT2D eigenvalue weighted by atomic mass is 10.1. The van der Waals surface area contributed by atoms with Crippen LogP contribution in [0, 0.1) is 0 Å². The van der Waals surface area contributed by atoms with Gasteiger partial charge in [0.05, 0.1) is 37.5 Å². The Morgan fingerprint density at radius 1 is 0.943 bits per heavy atom. The highest BCUT2D eigenvalue weighted by molar-refractivity contribution is 7.92. The van der Waals surface area contributed by atoms with Crippen molar-refractivity contribution in [3.8, 4) is 17.2 Å². The van der Waals surface area contributed by atoms with Crippen molar-refractivity contribution in [2.45, 2.75) is 24.8 Å². The van der Waals surface area contributed by atoms with Crippen LogP contribution >= 0.6 is 0 Å². The van der Waals surface area contributed by atoms with Gasteiger partial charge in [-0.25, -0.2) is 8.42 Å². The molecule has 0 bridgehead atoms. The van der Waals surface area contributed by atoms with Gasteiger partial charge in [-0.1, -0.05) is 24.3 Å². The highest BCUT2D eigenvalue weighted by atomic mass is 32.2. The summed E-state index contributed by atoms with van der Waals surface area (Å²) in [6, 6.07) is 19.6. The highest BCUT2D eigenvalue weighted by Gasteiger charge is 2.27. The van der Waals surface area contributed by atoms with E-state index in [0.29, 0.717) is 29.5 Å². The molecule has 0 aliphatic heterocycles. The van der Waals surface area contributed by atoms with Crippen LogP contribution in [0.25, 0.3) is 0 Å². The number of ether oxygens (including phenoxy) is 3. The van der Waals surface area contributed by atoms with Gasteiger partial charge >= 0.3 is 0 Å². The van der Waals surface area contributed by atoms with E-state index in [2.05, 4.69) is 5.32 Å². The minimum absolute atomic E-state index is 0.0922. The van der Waals surface area contributed by atoms with Crippen molar-refractivity contribution in [2.24, 2.45) is 0 Å². The Balaban J connectivity index is 1.86. The Kier molecular flexibility index (Phi) is 8.59. The average Bonchev–Trinajstić information content (AvgIpc) is 2.88. The van der Waals surface area contributed by atoms with E-state index < -0.39 is 28.5 Å². The van der Waals surface area contributed by atoms with Gasteiger partial charge in [0.15, 0.2) is 11.5 Å². The molecule has 35 heavy (non-hydrogen) atoms. The summed E-state index contributed by atoms with van der Waals surface area (Å²) in [5, 5.41) is 2.87. The van der Waals surface area contributed by atoms with Crippen LogP contribution in [0.4, 0.5) is 5.69 Å². The normalized spacial score (nSPS) is 11.9. The number of methoxy groups -OCH3 is 2. The first-order chi connectivity index (χ1) is 16.8. The number of nitrogens with one attached hydrogen (secondary N) is 1. The maximum Gasteiger partial charge on any atom is 0.264 e. The van der Waals surface area contributed by atoms with E-state index in [1.165, 1.54) is 19.2 Å². The molecule has 0 aromatic heterocycles. The molecular formula is C26H30N2O6S. The van der Waals surface area contributed by atoms with Crippen LogP contribution in [0.15, 0.2) is 77.7 Å². The molecule has 0 fully saturated rings. The van der Waals surface area contributed by atoms with E-state index in [0.717, 1.165) is 9.87 Å². The van der Waals surface area contributed by atoms with Crippen molar-refractivity contribution >= 4 is 21.6 Å². The van der Waals surface area contributed by atoms with Gasteiger partial charge in [0.2, 0.25) is 5.91 Å². The lowest BCUT2D eigenvalue weighted by molar-refractivity contribution is -0.120. The molecule has 0 spiro atoms. The van der Waals surface area contributed by atoms with Crippen LogP contribution in [-0.2, 0) is 14.8 Å². The molecule has 1 atom stereocenters. The number of sulfonamides is 1. The maximum atomic E-state index is 13.5. The van der Waals surface area contributed by atoms with E-state index >= 15 is 0 Å². The predicted octanol–water partition coefficient (Wildman–Crippen LogP) is 4.18. The third-order valence-electron chi connectivity index (χ3n) is 5.34. The van der Waals surface area contributed by atoms with Gasteiger partial charge < -0.3 is 19.5 Å². The molecule has 3 aromatic rings. The van der Waals surface area contributed by atoms with Crippen molar-refractivity contribution in [1.29, 1.82) is 0 Å². The number of anilines is 1. The molecule has 9 heteroatoms. The molecule has 1 unspecified atom stereocenters. The monoisotopic (exact) mass is 498 g/mol. The second-order valence-corrected chi connectivity index (χ2v) is 9.52. The number of rotatable bonds is 11. The summed E-state index contributed by atoms with van der Waals surface area (Å²) in [5.41, 5.74) is 1.14. The molecule has 3 rings (SSSR count). The van der Waals surface area contributed by atoms with Gasteiger partial charge in [0, 0.05) is 0 Å². The van der Waals surface area contributed by atoms with Gasteiger partial charge in [0.1, 0.15) is 12.3 Å². The van der Waals surface area contributed by atoms with Crippen molar-refractivity contribution in [2.75, 3.05) is 31.7 Å². The summed E-state index contributed by atoms with van der Waals surface area (Å²) < 4.78 is 44.1. The Labute approximate surface area is 206 Å². The molecule has 3 aromatic carbocycles. The van der Waals surface area contributed by atoms with E-state index in [4.69, 9.17) is 14.2 Å². The van der Waals surface area contributed by atoms with E-state index in [-0.39, 0.29) is 4.90 Å². The molecule has 8 nitrogen and oxygen atoms in total. The number of hydrogen-bond donors (Lipinski definition) is 1. The summed E-state index contributed by atoms with van der Waals surface area (Å²) in [7, 11) is -0.917. The van der Waals surface area contributed by atoms with E-state index in [1.807, 2.05) is 19.9 Å².